The van der Waals surface area contributed by atoms with E-state index in [1.165, 1.54) is 6.07 Å². The highest BCUT2D eigenvalue weighted by molar-refractivity contribution is 7.80. The molecule has 0 spiro atoms. The molecule has 1 heterocycles. The van der Waals surface area contributed by atoms with Crippen LogP contribution in [0, 0.1) is 6.92 Å². The molecule has 0 aliphatic heterocycles. The third-order valence-corrected chi connectivity index (χ3v) is 5.12. The number of nitrogens with one attached hydrogen (secondary N) is 1. The van der Waals surface area contributed by atoms with E-state index in [-0.39, 0.29) is 5.02 Å². The largest absolute Gasteiger partial charge is 0.416 e. The summed E-state index contributed by atoms with van der Waals surface area (Å²) in [5, 5.41) is 3.29. The second-order valence-corrected chi connectivity index (χ2v) is 7.61. The van der Waals surface area contributed by atoms with Gasteiger partial charge in [-0.2, -0.15) is 13.2 Å². The lowest BCUT2D eigenvalue weighted by Gasteiger charge is -2.26. The summed E-state index contributed by atoms with van der Waals surface area (Å²) in [7, 11) is 0. The molecule has 0 aliphatic carbocycles. The van der Waals surface area contributed by atoms with Crippen LogP contribution in [0.15, 0.2) is 67.0 Å². The van der Waals surface area contributed by atoms with Crippen LogP contribution in [0.1, 0.15) is 22.3 Å². The van der Waals surface area contributed by atoms with Crippen molar-refractivity contribution in [1.29, 1.82) is 0 Å². The quantitative estimate of drug-likeness (QED) is 0.452. The van der Waals surface area contributed by atoms with Gasteiger partial charge in [0.2, 0.25) is 0 Å². The van der Waals surface area contributed by atoms with Gasteiger partial charge in [-0.15, -0.1) is 0 Å². The van der Waals surface area contributed by atoms with Gasteiger partial charge in [-0.25, -0.2) is 0 Å². The first kappa shape index (κ1) is 22.1. The molecular weight excluding hydrogens is 431 g/mol. The molecule has 3 rings (SSSR count). The zero-order valence-electron chi connectivity index (χ0n) is 16.1. The Labute approximate surface area is 183 Å². The molecule has 8 heteroatoms. The molecule has 0 radical (unpaired) electrons. The van der Waals surface area contributed by atoms with Crippen molar-refractivity contribution in [2.24, 2.45) is 0 Å². The van der Waals surface area contributed by atoms with E-state index in [0.717, 1.165) is 28.8 Å². The highest BCUT2D eigenvalue weighted by Crippen LogP contribution is 2.34. The van der Waals surface area contributed by atoms with Crippen molar-refractivity contribution in [2.75, 3.05) is 5.32 Å². The number of halogens is 4. The Kier molecular flexibility index (Phi) is 6.95. The molecular formula is C22H19ClF3N3S. The number of alkyl halides is 3. The predicted molar refractivity (Wildman–Crippen MR) is 117 cm³/mol. The van der Waals surface area contributed by atoms with Gasteiger partial charge in [0, 0.05) is 25.5 Å². The van der Waals surface area contributed by atoms with E-state index in [2.05, 4.69) is 10.3 Å². The summed E-state index contributed by atoms with van der Waals surface area (Å²) in [5.74, 6) is 0. The number of rotatable bonds is 5. The zero-order valence-corrected chi connectivity index (χ0v) is 17.7. The van der Waals surface area contributed by atoms with Crippen LogP contribution in [0.3, 0.4) is 0 Å². The maximum absolute atomic E-state index is 12.9. The molecule has 156 valence electrons. The number of nitrogens with zero attached hydrogens (tertiary/aromatic N) is 2. The van der Waals surface area contributed by atoms with Crippen molar-refractivity contribution in [3.05, 3.63) is 94.3 Å². The van der Waals surface area contributed by atoms with Crippen molar-refractivity contribution in [3.63, 3.8) is 0 Å². The summed E-state index contributed by atoms with van der Waals surface area (Å²) in [5.41, 5.74) is 2.71. The molecule has 1 aromatic heterocycles. The Hall–Kier alpha value is -2.64. The summed E-state index contributed by atoms with van der Waals surface area (Å²) in [6, 6.07) is 15.0. The van der Waals surface area contributed by atoms with Gasteiger partial charge in [0.25, 0.3) is 0 Å². The average Bonchev–Trinajstić information content (AvgIpc) is 2.70. The maximum Gasteiger partial charge on any atom is 0.416 e. The Bertz CT molecular complexity index is 1010. The summed E-state index contributed by atoms with van der Waals surface area (Å²) in [4.78, 5) is 5.94. The number of anilines is 1. The molecule has 30 heavy (non-hydrogen) atoms. The van der Waals surface area contributed by atoms with E-state index in [1.807, 2.05) is 48.2 Å². The summed E-state index contributed by atoms with van der Waals surface area (Å²) in [6.45, 7) is 3.03. The second-order valence-electron chi connectivity index (χ2n) is 6.82. The molecule has 0 saturated carbocycles. The SMILES string of the molecule is Cc1ccc(CN(Cc2ccncc2)C(=S)Nc2ccc(C(F)(F)F)cc2Cl)cc1. The van der Waals surface area contributed by atoms with Crippen molar-refractivity contribution in [3.8, 4) is 0 Å². The predicted octanol–water partition coefficient (Wildman–Crippen LogP) is 6.46. The van der Waals surface area contributed by atoms with Crippen LogP contribution in [0.4, 0.5) is 18.9 Å². The lowest BCUT2D eigenvalue weighted by molar-refractivity contribution is -0.137. The van der Waals surface area contributed by atoms with E-state index in [9.17, 15) is 13.2 Å². The monoisotopic (exact) mass is 449 g/mol. The molecule has 3 nitrogen and oxygen atoms in total. The van der Waals surface area contributed by atoms with Crippen LogP contribution in [0.2, 0.25) is 5.02 Å². The molecule has 0 amide bonds. The van der Waals surface area contributed by atoms with Crippen LogP contribution < -0.4 is 5.32 Å². The molecule has 0 saturated heterocycles. The number of thiocarbonyl (C=S) groups is 1. The standard InChI is InChI=1S/C22H19ClF3N3S/c1-15-2-4-16(5-3-15)13-29(14-17-8-10-27-11-9-17)21(30)28-20-7-6-18(12-19(20)23)22(24,25)26/h2-12H,13-14H2,1H3,(H,28,30). The van der Waals surface area contributed by atoms with Gasteiger partial charge in [0.15, 0.2) is 5.11 Å². The lowest BCUT2D eigenvalue weighted by atomic mass is 10.1. The Morgan fingerprint density at radius 1 is 1.00 bits per heavy atom. The summed E-state index contributed by atoms with van der Waals surface area (Å²) in [6.07, 6.45) is -1.06. The molecule has 0 atom stereocenters. The smallest absolute Gasteiger partial charge is 0.340 e. The minimum atomic E-state index is -4.46. The van der Waals surface area contributed by atoms with Crippen LogP contribution in [-0.4, -0.2) is 15.0 Å². The number of aromatic nitrogens is 1. The Morgan fingerprint density at radius 2 is 1.60 bits per heavy atom. The van der Waals surface area contributed by atoms with E-state index < -0.39 is 11.7 Å². The zero-order chi connectivity index (χ0) is 21.7. The first-order valence-corrected chi connectivity index (χ1v) is 9.88. The molecule has 0 unspecified atom stereocenters. The van der Waals surface area contributed by atoms with Gasteiger partial charge in [-0.3, -0.25) is 4.98 Å². The molecule has 1 N–H and O–H groups in total. The summed E-state index contributed by atoms with van der Waals surface area (Å²) >= 11 is 11.6. The fourth-order valence-corrected chi connectivity index (χ4v) is 3.28. The number of hydrogen-bond acceptors (Lipinski definition) is 2. The van der Waals surface area contributed by atoms with Gasteiger partial charge in [0.05, 0.1) is 16.3 Å². The average molecular weight is 450 g/mol. The normalized spacial score (nSPS) is 11.2. The van der Waals surface area contributed by atoms with E-state index in [0.29, 0.717) is 23.9 Å². The fraction of sp³-hybridized carbons (Fsp3) is 0.182. The van der Waals surface area contributed by atoms with Crippen molar-refractivity contribution < 1.29 is 13.2 Å². The van der Waals surface area contributed by atoms with E-state index >= 15 is 0 Å². The summed E-state index contributed by atoms with van der Waals surface area (Å²) < 4.78 is 38.7. The van der Waals surface area contributed by atoms with Gasteiger partial charge in [-0.1, -0.05) is 41.4 Å². The number of aryl methyl sites for hydroxylation is 1. The third-order valence-electron chi connectivity index (χ3n) is 4.44. The van der Waals surface area contributed by atoms with Crippen LogP contribution in [0.25, 0.3) is 0 Å². The van der Waals surface area contributed by atoms with Crippen molar-refractivity contribution >= 4 is 34.6 Å². The molecule has 2 aromatic carbocycles. The second kappa shape index (κ2) is 9.45. The Balaban J connectivity index is 1.81. The number of hydrogen-bond donors (Lipinski definition) is 1. The molecule has 0 fully saturated rings. The van der Waals surface area contributed by atoms with Gasteiger partial charge in [-0.05, 0) is 60.6 Å². The molecule has 3 aromatic rings. The maximum atomic E-state index is 12.9. The van der Waals surface area contributed by atoms with Crippen molar-refractivity contribution in [1.82, 2.24) is 9.88 Å². The minimum Gasteiger partial charge on any atom is -0.340 e. The van der Waals surface area contributed by atoms with Gasteiger partial charge >= 0.3 is 6.18 Å². The van der Waals surface area contributed by atoms with Gasteiger partial charge < -0.3 is 10.2 Å². The van der Waals surface area contributed by atoms with Crippen LogP contribution in [0.5, 0.6) is 0 Å². The highest BCUT2D eigenvalue weighted by Gasteiger charge is 2.31. The number of benzene rings is 2. The Morgan fingerprint density at radius 3 is 2.17 bits per heavy atom. The topological polar surface area (TPSA) is 28.2 Å². The molecule has 0 aliphatic rings. The van der Waals surface area contributed by atoms with E-state index in [1.54, 1.807) is 12.4 Å². The van der Waals surface area contributed by atoms with E-state index in [4.69, 9.17) is 23.8 Å². The minimum absolute atomic E-state index is 0.0497. The van der Waals surface area contributed by atoms with Crippen LogP contribution >= 0.6 is 23.8 Å². The van der Waals surface area contributed by atoms with Gasteiger partial charge in [0.1, 0.15) is 0 Å². The van der Waals surface area contributed by atoms with Crippen molar-refractivity contribution in [2.45, 2.75) is 26.2 Å². The highest BCUT2D eigenvalue weighted by atomic mass is 35.5. The van der Waals surface area contributed by atoms with Crippen LogP contribution in [-0.2, 0) is 19.3 Å². The third kappa shape index (κ3) is 5.93. The first-order valence-electron chi connectivity index (χ1n) is 9.09. The fourth-order valence-electron chi connectivity index (χ4n) is 2.81. The molecule has 0 bridgehead atoms. The lowest BCUT2D eigenvalue weighted by Crippen LogP contribution is -2.34. The number of pyridine rings is 1. The first-order chi connectivity index (χ1) is 14.2.